The molecular formula is C9H20NO5S+. The fourth-order valence-electron chi connectivity index (χ4n) is 1.22. The molecule has 0 saturated heterocycles. The number of rotatable bonds is 7. The van der Waals surface area contributed by atoms with Gasteiger partial charge in [-0.1, -0.05) is 0 Å². The highest BCUT2D eigenvalue weighted by atomic mass is 32.2. The van der Waals surface area contributed by atoms with Gasteiger partial charge < -0.3 is 9.22 Å². The second-order valence-corrected chi connectivity index (χ2v) is 5.93. The molecule has 0 aliphatic heterocycles. The van der Waals surface area contributed by atoms with E-state index in [0.29, 0.717) is 30.6 Å². The summed E-state index contributed by atoms with van der Waals surface area (Å²) < 4.78 is 34.9. The van der Waals surface area contributed by atoms with E-state index in [1.807, 2.05) is 14.1 Å². The van der Waals surface area contributed by atoms with E-state index in [1.165, 1.54) is 6.92 Å². The molecule has 0 aromatic carbocycles. The van der Waals surface area contributed by atoms with Gasteiger partial charge in [0.05, 0.1) is 26.4 Å². The summed E-state index contributed by atoms with van der Waals surface area (Å²) in [6.07, 6.45) is 0.381. The van der Waals surface area contributed by atoms with Crippen molar-refractivity contribution < 1.29 is 27.0 Å². The molecule has 0 saturated carbocycles. The Morgan fingerprint density at radius 1 is 1.31 bits per heavy atom. The number of ether oxygens (including phenoxy) is 1. The van der Waals surface area contributed by atoms with E-state index >= 15 is 0 Å². The molecule has 0 radical (unpaired) electrons. The SMILES string of the molecule is CC(=O)OCC[N+](C)(C)CCCS(=O)(=O)O. The zero-order valence-corrected chi connectivity index (χ0v) is 10.8. The van der Waals surface area contributed by atoms with Crippen LogP contribution in [0.25, 0.3) is 0 Å². The first kappa shape index (κ1) is 15.3. The minimum Gasteiger partial charge on any atom is -0.460 e. The topological polar surface area (TPSA) is 80.7 Å². The van der Waals surface area contributed by atoms with Crippen molar-refractivity contribution in [3.05, 3.63) is 0 Å². The molecule has 0 atom stereocenters. The molecular weight excluding hydrogens is 234 g/mol. The summed E-state index contributed by atoms with van der Waals surface area (Å²) in [5.41, 5.74) is 0. The van der Waals surface area contributed by atoms with Crippen LogP contribution in [-0.4, -0.2) is 63.0 Å². The average molecular weight is 254 g/mol. The van der Waals surface area contributed by atoms with Gasteiger partial charge in [0.25, 0.3) is 10.1 Å². The molecule has 16 heavy (non-hydrogen) atoms. The Morgan fingerprint density at radius 3 is 2.31 bits per heavy atom. The fourth-order valence-corrected chi connectivity index (χ4v) is 1.72. The van der Waals surface area contributed by atoms with Gasteiger partial charge in [0.2, 0.25) is 0 Å². The Bertz CT molecular complexity index is 323. The predicted octanol–water partition coefficient (Wildman–Crippen LogP) is -0.0962. The van der Waals surface area contributed by atoms with Gasteiger partial charge in [0.1, 0.15) is 13.2 Å². The summed E-state index contributed by atoms with van der Waals surface area (Å²) >= 11 is 0. The van der Waals surface area contributed by atoms with Crippen LogP contribution >= 0.6 is 0 Å². The molecule has 0 aromatic rings. The quantitative estimate of drug-likeness (QED) is 0.390. The second-order valence-electron chi connectivity index (χ2n) is 4.36. The number of quaternary nitrogens is 1. The van der Waals surface area contributed by atoms with Crippen molar-refractivity contribution in [3.63, 3.8) is 0 Å². The van der Waals surface area contributed by atoms with Gasteiger partial charge in [-0.25, -0.2) is 0 Å². The van der Waals surface area contributed by atoms with Gasteiger partial charge in [-0.05, 0) is 0 Å². The average Bonchev–Trinajstić information content (AvgIpc) is 1.99. The monoisotopic (exact) mass is 254 g/mol. The summed E-state index contributed by atoms with van der Waals surface area (Å²) in [7, 11) is -0.0554. The van der Waals surface area contributed by atoms with Crippen molar-refractivity contribution in [2.24, 2.45) is 0 Å². The first-order valence-electron chi connectivity index (χ1n) is 5.03. The molecule has 6 nitrogen and oxygen atoms in total. The van der Waals surface area contributed by atoms with Crippen LogP contribution < -0.4 is 0 Å². The largest absolute Gasteiger partial charge is 0.460 e. The molecule has 0 fully saturated rings. The molecule has 0 heterocycles. The van der Waals surface area contributed by atoms with Crippen molar-refractivity contribution in [2.45, 2.75) is 13.3 Å². The lowest BCUT2D eigenvalue weighted by molar-refractivity contribution is -0.890. The maximum atomic E-state index is 10.5. The van der Waals surface area contributed by atoms with E-state index in [1.54, 1.807) is 0 Å². The van der Waals surface area contributed by atoms with Crippen LogP contribution in [0.4, 0.5) is 0 Å². The minimum atomic E-state index is -3.88. The lowest BCUT2D eigenvalue weighted by Gasteiger charge is -2.29. The van der Waals surface area contributed by atoms with Crippen LogP contribution in [0.3, 0.4) is 0 Å². The molecule has 0 aliphatic rings. The van der Waals surface area contributed by atoms with E-state index in [9.17, 15) is 13.2 Å². The third kappa shape index (κ3) is 9.88. The maximum Gasteiger partial charge on any atom is 0.302 e. The number of carbonyl (C=O) groups is 1. The summed E-state index contributed by atoms with van der Waals surface area (Å²) in [6, 6.07) is 0. The Hall–Kier alpha value is -0.660. The molecule has 0 unspecified atom stereocenters. The second kappa shape index (κ2) is 6.17. The van der Waals surface area contributed by atoms with Crippen molar-refractivity contribution >= 4 is 16.1 Å². The van der Waals surface area contributed by atoms with Crippen LogP contribution in [0.5, 0.6) is 0 Å². The van der Waals surface area contributed by atoms with Crippen LogP contribution in [0, 0.1) is 0 Å². The molecule has 1 N–H and O–H groups in total. The number of nitrogens with zero attached hydrogens (tertiary/aromatic N) is 1. The standard InChI is InChI=1S/C9H19NO5S/c1-9(11)15-7-6-10(2,3)5-4-8-16(12,13)14/h4-8H2,1-3H3/p+1. The lowest BCUT2D eigenvalue weighted by atomic mass is 10.4. The Labute approximate surface area is 96.5 Å². The summed E-state index contributed by atoms with van der Waals surface area (Å²) in [6.45, 7) is 2.87. The number of carbonyl (C=O) groups excluding carboxylic acids is 1. The third-order valence-corrected chi connectivity index (χ3v) is 2.97. The lowest BCUT2D eigenvalue weighted by Crippen LogP contribution is -2.43. The molecule has 0 spiro atoms. The highest BCUT2D eigenvalue weighted by molar-refractivity contribution is 7.85. The van der Waals surface area contributed by atoms with Crippen molar-refractivity contribution in [1.29, 1.82) is 0 Å². The van der Waals surface area contributed by atoms with Gasteiger partial charge in [0, 0.05) is 13.3 Å². The molecule has 0 bridgehead atoms. The van der Waals surface area contributed by atoms with E-state index < -0.39 is 10.1 Å². The summed E-state index contributed by atoms with van der Waals surface area (Å²) in [4.78, 5) is 10.5. The zero-order valence-electron chi connectivity index (χ0n) is 9.97. The van der Waals surface area contributed by atoms with Crippen LogP contribution in [0.1, 0.15) is 13.3 Å². The van der Waals surface area contributed by atoms with Crippen LogP contribution in [0.15, 0.2) is 0 Å². The zero-order chi connectivity index (χ0) is 12.8. The van der Waals surface area contributed by atoms with Crippen molar-refractivity contribution in [2.75, 3.05) is 39.5 Å². The molecule has 0 rings (SSSR count). The van der Waals surface area contributed by atoms with Gasteiger partial charge in [-0.3, -0.25) is 9.35 Å². The molecule has 7 heteroatoms. The van der Waals surface area contributed by atoms with E-state index in [0.717, 1.165) is 0 Å². The highest BCUT2D eigenvalue weighted by Gasteiger charge is 2.16. The van der Waals surface area contributed by atoms with Gasteiger partial charge in [-0.2, -0.15) is 8.42 Å². The molecule has 0 amide bonds. The van der Waals surface area contributed by atoms with E-state index in [2.05, 4.69) is 0 Å². The molecule has 96 valence electrons. The predicted molar refractivity (Wildman–Crippen MR) is 59.5 cm³/mol. The first-order valence-corrected chi connectivity index (χ1v) is 6.64. The fraction of sp³-hybridized carbons (Fsp3) is 0.889. The highest BCUT2D eigenvalue weighted by Crippen LogP contribution is 2.01. The summed E-state index contributed by atoms with van der Waals surface area (Å²) in [5, 5.41) is 0. The van der Waals surface area contributed by atoms with Gasteiger partial charge in [0.15, 0.2) is 0 Å². The van der Waals surface area contributed by atoms with Crippen molar-refractivity contribution in [1.82, 2.24) is 0 Å². The first-order chi connectivity index (χ1) is 7.12. The maximum absolute atomic E-state index is 10.5. The smallest absolute Gasteiger partial charge is 0.302 e. The number of likely N-dealkylation sites (N-methyl/N-ethyl adjacent to an activating group) is 1. The minimum absolute atomic E-state index is 0.234. The Balaban J connectivity index is 3.82. The molecule has 0 aliphatic carbocycles. The van der Waals surface area contributed by atoms with E-state index in [-0.39, 0.29) is 11.7 Å². The Kier molecular flexibility index (Phi) is 5.91. The van der Waals surface area contributed by atoms with Crippen LogP contribution in [-0.2, 0) is 19.6 Å². The van der Waals surface area contributed by atoms with Crippen LogP contribution in [0.2, 0.25) is 0 Å². The normalized spacial score (nSPS) is 12.5. The summed E-state index contributed by atoms with van der Waals surface area (Å²) in [5.74, 6) is -0.555. The number of hydrogen-bond acceptors (Lipinski definition) is 4. The van der Waals surface area contributed by atoms with Gasteiger partial charge >= 0.3 is 5.97 Å². The third-order valence-electron chi connectivity index (χ3n) is 2.17. The number of hydrogen-bond donors (Lipinski definition) is 1. The number of esters is 1. The van der Waals surface area contributed by atoms with Crippen molar-refractivity contribution in [3.8, 4) is 0 Å². The molecule has 0 aromatic heterocycles. The van der Waals surface area contributed by atoms with E-state index in [4.69, 9.17) is 9.29 Å². The van der Waals surface area contributed by atoms with Gasteiger partial charge in [-0.15, -0.1) is 0 Å². The Morgan fingerprint density at radius 2 is 1.88 bits per heavy atom.